The summed E-state index contributed by atoms with van der Waals surface area (Å²) < 4.78 is 10.0. The molecule has 0 radical (unpaired) electrons. The van der Waals surface area contributed by atoms with Crippen molar-refractivity contribution in [1.29, 1.82) is 0 Å². The molecule has 1 rings (SSSR count). The van der Waals surface area contributed by atoms with Gasteiger partial charge in [0.2, 0.25) is 11.9 Å². The van der Waals surface area contributed by atoms with Gasteiger partial charge in [-0.3, -0.25) is 4.79 Å². The number of carbonyl (C=O) groups is 2. The minimum atomic E-state index is -1.38. The monoisotopic (exact) mass is 316 g/mol. The van der Waals surface area contributed by atoms with E-state index < -0.39 is 36.7 Å². The molecule has 0 spiro atoms. The summed E-state index contributed by atoms with van der Waals surface area (Å²) >= 11 is 0. The molecule has 0 aromatic carbocycles. The second kappa shape index (κ2) is 10.7. The number of hydrogen-bond donors (Lipinski definition) is 2. The Labute approximate surface area is 131 Å². The molecule has 1 fully saturated rings. The molecule has 0 aliphatic carbocycles. The van der Waals surface area contributed by atoms with Crippen LogP contribution in [-0.4, -0.2) is 53.5 Å². The third kappa shape index (κ3) is 6.02. The second-order valence-corrected chi connectivity index (χ2v) is 5.74. The van der Waals surface area contributed by atoms with Crippen molar-refractivity contribution in [2.45, 2.75) is 76.6 Å². The van der Waals surface area contributed by atoms with Gasteiger partial charge in [-0.25, -0.2) is 4.79 Å². The number of aliphatic hydroxyl groups excluding tert-OH is 2. The van der Waals surface area contributed by atoms with Crippen LogP contribution in [0.2, 0.25) is 0 Å². The van der Waals surface area contributed by atoms with Gasteiger partial charge >= 0.3 is 5.97 Å². The number of carbonyl (C=O) groups excluding carboxylic acids is 2. The van der Waals surface area contributed by atoms with E-state index in [1.165, 1.54) is 32.1 Å². The molecule has 3 atom stereocenters. The Balaban J connectivity index is 2.12. The maximum Gasteiger partial charge on any atom is 0.344 e. The Hall–Kier alpha value is -0.980. The van der Waals surface area contributed by atoms with Crippen LogP contribution in [0.1, 0.15) is 58.3 Å². The fourth-order valence-corrected chi connectivity index (χ4v) is 2.46. The van der Waals surface area contributed by atoms with Crippen LogP contribution in [-0.2, 0) is 19.1 Å². The molecular weight excluding hydrogens is 288 g/mol. The molecule has 0 amide bonds. The summed E-state index contributed by atoms with van der Waals surface area (Å²) in [5, 5.41) is 18.2. The van der Waals surface area contributed by atoms with Crippen molar-refractivity contribution in [1.82, 2.24) is 0 Å². The van der Waals surface area contributed by atoms with Crippen molar-refractivity contribution in [2.24, 2.45) is 0 Å². The molecule has 0 aromatic heterocycles. The zero-order valence-corrected chi connectivity index (χ0v) is 13.3. The van der Waals surface area contributed by atoms with Crippen LogP contribution in [0.4, 0.5) is 0 Å². The topological polar surface area (TPSA) is 93.1 Å². The number of unbranched alkanes of at least 4 members (excludes halogenated alkanes) is 7. The summed E-state index contributed by atoms with van der Waals surface area (Å²) in [6.45, 7) is 1.88. The summed E-state index contributed by atoms with van der Waals surface area (Å²) in [4.78, 5) is 23.4. The quantitative estimate of drug-likeness (QED) is 0.321. The predicted octanol–water partition coefficient (Wildman–Crippen LogP) is 1.36. The molecule has 6 heteroatoms. The molecule has 1 heterocycles. The number of hydrogen-bond acceptors (Lipinski definition) is 6. The van der Waals surface area contributed by atoms with Crippen LogP contribution in [0.5, 0.6) is 0 Å². The molecule has 22 heavy (non-hydrogen) atoms. The van der Waals surface area contributed by atoms with E-state index in [1.54, 1.807) is 0 Å². The number of esters is 1. The first-order chi connectivity index (χ1) is 10.6. The number of ether oxygens (including phenoxy) is 2. The summed E-state index contributed by atoms with van der Waals surface area (Å²) in [6, 6.07) is 0. The normalized spacial score (nSPS) is 22.9. The maximum atomic E-state index is 11.8. The third-order valence-electron chi connectivity index (χ3n) is 3.81. The number of rotatable bonds is 12. The van der Waals surface area contributed by atoms with Gasteiger partial charge in [-0.1, -0.05) is 51.9 Å². The van der Waals surface area contributed by atoms with E-state index in [1.807, 2.05) is 0 Å². The summed E-state index contributed by atoms with van der Waals surface area (Å²) in [7, 11) is 0. The van der Waals surface area contributed by atoms with Gasteiger partial charge in [0.05, 0.1) is 6.61 Å². The lowest BCUT2D eigenvalue weighted by atomic mass is 10.1. The van der Waals surface area contributed by atoms with Gasteiger partial charge in [0.15, 0.2) is 6.10 Å². The molecule has 128 valence electrons. The first-order valence-electron chi connectivity index (χ1n) is 8.26. The fraction of sp³-hybridized carbons (Fsp3) is 0.875. The molecule has 1 aliphatic rings. The van der Waals surface area contributed by atoms with E-state index in [0.29, 0.717) is 6.61 Å². The Kier molecular flexibility index (Phi) is 9.27. The van der Waals surface area contributed by atoms with Crippen molar-refractivity contribution < 1.29 is 29.3 Å². The van der Waals surface area contributed by atoms with E-state index in [9.17, 15) is 14.7 Å². The highest BCUT2D eigenvalue weighted by molar-refractivity contribution is 6.09. The lowest BCUT2D eigenvalue weighted by Gasteiger charge is -2.12. The Morgan fingerprint density at radius 3 is 2.27 bits per heavy atom. The fourth-order valence-electron chi connectivity index (χ4n) is 2.46. The Bertz CT molecular complexity index is 344. The van der Waals surface area contributed by atoms with Crippen molar-refractivity contribution in [3.8, 4) is 0 Å². The zero-order valence-electron chi connectivity index (χ0n) is 13.3. The minimum Gasteiger partial charge on any atom is -0.449 e. The van der Waals surface area contributed by atoms with Crippen molar-refractivity contribution >= 4 is 11.8 Å². The first kappa shape index (κ1) is 19.1. The molecule has 1 aliphatic heterocycles. The van der Waals surface area contributed by atoms with Gasteiger partial charge in [-0.05, 0) is 6.42 Å². The summed E-state index contributed by atoms with van der Waals surface area (Å²) in [6.07, 6.45) is 5.25. The predicted molar refractivity (Wildman–Crippen MR) is 80.3 cm³/mol. The van der Waals surface area contributed by atoms with Crippen LogP contribution in [0, 0.1) is 0 Å². The molecular formula is C16H28O6. The van der Waals surface area contributed by atoms with Crippen LogP contribution in [0.15, 0.2) is 0 Å². The molecule has 1 unspecified atom stereocenters. The smallest absolute Gasteiger partial charge is 0.344 e. The van der Waals surface area contributed by atoms with Gasteiger partial charge in [0.1, 0.15) is 6.10 Å². The lowest BCUT2D eigenvalue weighted by molar-refractivity contribution is -0.153. The van der Waals surface area contributed by atoms with E-state index in [0.717, 1.165) is 19.3 Å². The number of ketones is 1. The van der Waals surface area contributed by atoms with E-state index in [4.69, 9.17) is 14.6 Å². The first-order valence-corrected chi connectivity index (χ1v) is 8.26. The number of aliphatic hydroxyl groups is 2. The number of cyclic esters (lactones) is 1. The molecule has 2 N–H and O–H groups in total. The average Bonchev–Trinajstić information content (AvgIpc) is 2.80. The molecule has 1 saturated heterocycles. The van der Waals surface area contributed by atoms with Crippen molar-refractivity contribution in [3.63, 3.8) is 0 Å². The van der Waals surface area contributed by atoms with Gasteiger partial charge in [0, 0.05) is 6.61 Å². The third-order valence-corrected chi connectivity index (χ3v) is 3.81. The van der Waals surface area contributed by atoms with E-state index in [-0.39, 0.29) is 0 Å². The molecule has 6 nitrogen and oxygen atoms in total. The van der Waals surface area contributed by atoms with E-state index in [2.05, 4.69) is 6.92 Å². The van der Waals surface area contributed by atoms with Gasteiger partial charge in [0.25, 0.3) is 0 Å². The zero-order chi connectivity index (χ0) is 16.4. The number of Topliss-reactive ketones (excluding diaryl/α,β-unsaturated/α-hetero) is 1. The van der Waals surface area contributed by atoms with Crippen LogP contribution in [0.3, 0.4) is 0 Å². The van der Waals surface area contributed by atoms with Gasteiger partial charge in [-0.2, -0.15) is 0 Å². The van der Waals surface area contributed by atoms with Gasteiger partial charge in [-0.15, -0.1) is 0 Å². The van der Waals surface area contributed by atoms with Crippen molar-refractivity contribution in [3.05, 3.63) is 0 Å². The van der Waals surface area contributed by atoms with Crippen LogP contribution >= 0.6 is 0 Å². The average molecular weight is 316 g/mol. The highest BCUT2D eigenvalue weighted by Gasteiger charge is 2.47. The van der Waals surface area contributed by atoms with Gasteiger partial charge < -0.3 is 19.7 Å². The molecule has 0 aromatic rings. The summed E-state index contributed by atoms with van der Waals surface area (Å²) in [5.74, 6) is -1.38. The highest BCUT2D eigenvalue weighted by Crippen LogP contribution is 2.18. The van der Waals surface area contributed by atoms with Crippen LogP contribution in [0.25, 0.3) is 0 Å². The lowest BCUT2D eigenvalue weighted by Crippen LogP contribution is -2.37. The molecule has 0 bridgehead atoms. The standard InChI is InChI=1S/C16H28O6/c1-2-3-4-5-6-7-8-9-10-21-15-13(19)14(12(18)11-17)22-16(15)20/h12,14-15,17-18H,2-11H2,1H3/t12-,14+,15?/m0/s1. The Morgan fingerprint density at radius 1 is 1.09 bits per heavy atom. The van der Waals surface area contributed by atoms with Crippen molar-refractivity contribution in [2.75, 3.05) is 13.2 Å². The highest BCUT2D eigenvalue weighted by atomic mass is 16.6. The summed E-state index contributed by atoms with van der Waals surface area (Å²) in [5.41, 5.74) is 0. The molecule has 0 saturated carbocycles. The Morgan fingerprint density at radius 2 is 1.68 bits per heavy atom. The SMILES string of the molecule is CCCCCCCCCCOC1C(=O)O[C@H]([C@@H](O)CO)C1=O. The van der Waals surface area contributed by atoms with Crippen LogP contribution < -0.4 is 0 Å². The second-order valence-electron chi connectivity index (χ2n) is 5.74. The minimum absolute atomic E-state index is 0.322. The van der Waals surface area contributed by atoms with E-state index >= 15 is 0 Å². The maximum absolute atomic E-state index is 11.8. The largest absolute Gasteiger partial charge is 0.449 e.